The zero-order valence-corrected chi connectivity index (χ0v) is 34.9. The second-order valence-electron chi connectivity index (χ2n) is 12.3. The number of thiophene rings is 1. The summed E-state index contributed by atoms with van der Waals surface area (Å²) in [7, 11) is -0.892. The maximum atomic E-state index is 3.19. The van der Waals surface area contributed by atoms with Crippen LogP contribution in [0.2, 0.25) is 0 Å². The van der Waals surface area contributed by atoms with Crippen LogP contribution in [0.25, 0.3) is 5.57 Å². The first-order valence-corrected chi connectivity index (χ1v) is 22.8. The van der Waals surface area contributed by atoms with Crippen LogP contribution in [0.1, 0.15) is 17.7 Å². The van der Waals surface area contributed by atoms with Crippen molar-refractivity contribution in [3.8, 4) is 0 Å². The summed E-state index contributed by atoms with van der Waals surface area (Å²) in [5.74, 6) is 0. The smallest absolute Gasteiger partial charge is 0.0134 e. The summed E-state index contributed by atoms with van der Waals surface area (Å²) in [6.45, 7) is 0. The maximum absolute atomic E-state index is 3.19. The van der Waals surface area contributed by atoms with Gasteiger partial charge in [-0.2, -0.15) is 18.2 Å². The van der Waals surface area contributed by atoms with E-state index < -0.39 is 15.8 Å². The average molecular weight is 851 g/mol. The first-order valence-electron chi connectivity index (χ1n) is 18.3. The molecule has 1 aliphatic rings. The van der Waals surface area contributed by atoms with Crippen molar-refractivity contribution in [3.05, 3.63) is 246 Å². The van der Waals surface area contributed by atoms with Crippen molar-refractivity contribution < 1.29 is 17.9 Å². The summed E-state index contributed by atoms with van der Waals surface area (Å²) in [4.78, 5) is 1.37. The Kier molecular flexibility index (Phi) is 16.4. The summed E-state index contributed by atoms with van der Waals surface area (Å²) in [5.41, 5.74) is 2.75. The van der Waals surface area contributed by atoms with E-state index >= 15 is 0 Å². The van der Waals surface area contributed by atoms with Crippen LogP contribution in [0, 0.1) is 0 Å². The number of hydrogen-bond acceptors (Lipinski definition) is 1. The molecule has 0 nitrogen and oxygen atoms in total. The minimum Gasteiger partial charge on any atom is -0.214 e. The molecule has 0 spiro atoms. The van der Waals surface area contributed by atoms with Crippen molar-refractivity contribution in [2.45, 2.75) is 12.8 Å². The van der Waals surface area contributed by atoms with E-state index in [0.717, 1.165) is 6.42 Å². The van der Waals surface area contributed by atoms with Gasteiger partial charge in [0.05, 0.1) is 0 Å². The summed E-state index contributed by atoms with van der Waals surface area (Å²) in [6.07, 6.45) is 4.63. The fraction of sp³-hybridized carbons (Fsp3) is 0.0392. The quantitative estimate of drug-likeness (QED) is 0.0851. The third-order valence-corrected chi connectivity index (χ3v) is 14.9. The summed E-state index contributed by atoms with van der Waals surface area (Å²) < 4.78 is 3.19. The Morgan fingerprint density at radius 2 is 0.782 bits per heavy atom. The number of benzene rings is 6. The standard InChI is InChI=1S/2C18H15P.C10H8S.C5H5.Ru/c2*1-4-10-16(11-5-1)19(17-12-6-2-7-13-17)18-14-8-3-9-15-18;1-8-4-2-5-9(8)10-6-3-7-11-10;1-2-4-5-3-1;/h2*1-15H;3,5-7H,2,4H2;1-5H;/q;;;-1;+1. The maximum Gasteiger partial charge on any atom is -0.0134 e. The van der Waals surface area contributed by atoms with Crippen LogP contribution >= 0.6 is 27.2 Å². The molecule has 0 amide bonds. The van der Waals surface area contributed by atoms with Gasteiger partial charge in [0, 0.05) is 0 Å². The Labute approximate surface area is 343 Å². The third kappa shape index (κ3) is 12.1. The Morgan fingerprint density at radius 3 is 1.04 bits per heavy atom. The fourth-order valence-electron chi connectivity index (χ4n) is 6.07. The van der Waals surface area contributed by atoms with Gasteiger partial charge >= 0.3 is 85.9 Å². The first kappa shape index (κ1) is 39.9. The molecular weight excluding hydrogens is 808 g/mol. The van der Waals surface area contributed by atoms with E-state index in [-0.39, 0.29) is 0 Å². The molecule has 1 aliphatic carbocycles. The van der Waals surface area contributed by atoms with Crippen molar-refractivity contribution in [2.24, 2.45) is 0 Å². The fourth-order valence-corrected chi connectivity index (χ4v) is 11.9. The van der Waals surface area contributed by atoms with Crippen molar-refractivity contribution in [1.29, 1.82) is 0 Å². The molecule has 1 aromatic heterocycles. The SMILES string of the molecule is [Ru+]=[C]=C1CCC=C1c1cccs1.c1cc[cH-]c1.c1ccc(P(c2ccccc2)c2ccccc2)cc1.c1ccc(P(c2ccccc2)c2ccccc2)cc1. The molecule has 0 fully saturated rings. The molecular formula is C51H43P2RuS. The van der Waals surface area contributed by atoms with Gasteiger partial charge < -0.3 is 0 Å². The molecule has 4 heteroatoms. The molecule has 0 bridgehead atoms. The molecule has 0 radical (unpaired) electrons. The van der Waals surface area contributed by atoms with Gasteiger partial charge in [-0.15, -0.1) is 0 Å². The monoisotopic (exact) mass is 851 g/mol. The second-order valence-corrected chi connectivity index (χ2v) is 18.2. The van der Waals surface area contributed by atoms with Gasteiger partial charge in [-0.1, -0.05) is 182 Å². The van der Waals surface area contributed by atoms with Crippen LogP contribution in [0.5, 0.6) is 0 Å². The molecule has 1 heterocycles. The van der Waals surface area contributed by atoms with E-state index in [9.17, 15) is 0 Å². The molecule has 9 rings (SSSR count). The minimum absolute atomic E-state index is 0.446. The van der Waals surface area contributed by atoms with E-state index in [4.69, 9.17) is 0 Å². The van der Waals surface area contributed by atoms with Gasteiger partial charge in [-0.3, -0.25) is 0 Å². The van der Waals surface area contributed by atoms with Gasteiger partial charge in [0.2, 0.25) is 0 Å². The Bertz CT molecular complexity index is 1960. The van der Waals surface area contributed by atoms with Gasteiger partial charge in [0.1, 0.15) is 0 Å². The second kappa shape index (κ2) is 22.6. The van der Waals surface area contributed by atoms with Crippen LogP contribution in [0.3, 0.4) is 0 Å². The number of allylic oxidation sites excluding steroid dienone is 3. The van der Waals surface area contributed by atoms with E-state index in [1.165, 1.54) is 54.3 Å². The zero-order chi connectivity index (χ0) is 37.8. The largest absolute Gasteiger partial charge is 0.214 e. The van der Waals surface area contributed by atoms with Crippen LogP contribution < -0.4 is 31.8 Å². The normalized spacial score (nSPS) is 11.5. The van der Waals surface area contributed by atoms with Crippen LogP contribution in [0.15, 0.2) is 241 Å². The number of rotatable bonds is 7. The van der Waals surface area contributed by atoms with Crippen LogP contribution in [-0.4, -0.2) is 4.26 Å². The molecule has 271 valence electrons. The van der Waals surface area contributed by atoms with Crippen molar-refractivity contribution in [2.75, 3.05) is 0 Å². The third-order valence-electron chi connectivity index (χ3n) is 8.60. The molecule has 0 aliphatic heterocycles. The molecule has 0 unspecified atom stereocenters. The molecule has 0 atom stereocenters. The molecule has 7 aromatic carbocycles. The summed E-state index contributed by atoms with van der Waals surface area (Å²) >= 11 is 4.28. The van der Waals surface area contributed by atoms with Gasteiger partial charge in [-0.05, 0) is 47.7 Å². The predicted octanol–water partition coefficient (Wildman–Crippen LogP) is 11.1. The van der Waals surface area contributed by atoms with Gasteiger partial charge in [0.25, 0.3) is 0 Å². The van der Waals surface area contributed by atoms with Crippen molar-refractivity contribution in [1.82, 2.24) is 0 Å². The minimum atomic E-state index is -0.446. The van der Waals surface area contributed by atoms with Crippen LogP contribution in [0.4, 0.5) is 0 Å². The predicted molar refractivity (Wildman–Crippen MR) is 242 cm³/mol. The van der Waals surface area contributed by atoms with E-state index in [1.54, 1.807) is 11.3 Å². The van der Waals surface area contributed by atoms with Gasteiger partial charge in [-0.25, -0.2) is 12.1 Å². The van der Waals surface area contributed by atoms with E-state index in [0.29, 0.717) is 0 Å². The topological polar surface area (TPSA) is 0 Å². The molecule has 0 saturated heterocycles. The van der Waals surface area contributed by atoms with Crippen molar-refractivity contribution >= 4 is 68.8 Å². The molecule has 0 saturated carbocycles. The number of hydrogen-bond donors (Lipinski definition) is 0. The zero-order valence-electron chi connectivity index (χ0n) is 30.6. The Balaban J connectivity index is 0.000000134. The molecule has 8 aromatic rings. The summed E-state index contributed by atoms with van der Waals surface area (Å²) in [5, 5.41) is 10.5. The van der Waals surface area contributed by atoms with E-state index in [2.05, 4.69) is 228 Å². The Morgan fingerprint density at radius 1 is 0.436 bits per heavy atom. The first-order chi connectivity index (χ1) is 27.3. The molecule has 55 heavy (non-hydrogen) atoms. The van der Waals surface area contributed by atoms with Crippen LogP contribution in [-0.2, 0) is 17.9 Å². The van der Waals surface area contributed by atoms with Crippen molar-refractivity contribution in [3.63, 3.8) is 0 Å². The van der Waals surface area contributed by atoms with Gasteiger partial charge in [0.15, 0.2) is 0 Å². The average Bonchev–Trinajstić information content (AvgIpc) is 4.10. The molecule has 0 N–H and O–H groups in total. The van der Waals surface area contributed by atoms with E-state index in [1.807, 2.05) is 30.3 Å². The Hall–Kier alpha value is -4.76. The summed E-state index contributed by atoms with van der Waals surface area (Å²) in [6, 6.07) is 78.9.